The van der Waals surface area contributed by atoms with Crippen molar-refractivity contribution in [2.75, 3.05) is 13.1 Å². The van der Waals surface area contributed by atoms with Crippen molar-refractivity contribution in [1.29, 1.82) is 0 Å². The quantitative estimate of drug-likeness (QED) is 0.766. The first-order chi connectivity index (χ1) is 11.0. The molecular formula is C20H31NO2. The van der Waals surface area contributed by atoms with Crippen molar-refractivity contribution < 1.29 is 9.53 Å². The van der Waals surface area contributed by atoms with Crippen LogP contribution in [0.4, 0.5) is 0 Å². The summed E-state index contributed by atoms with van der Waals surface area (Å²) in [5.41, 5.74) is 1.24. The van der Waals surface area contributed by atoms with Crippen molar-refractivity contribution in [3.05, 3.63) is 29.8 Å². The first kappa shape index (κ1) is 17.8. The molecule has 1 unspecified atom stereocenters. The van der Waals surface area contributed by atoms with Crippen LogP contribution in [0.5, 0.6) is 5.75 Å². The fraction of sp³-hybridized carbons (Fsp3) is 0.650. The van der Waals surface area contributed by atoms with Gasteiger partial charge in [0.15, 0.2) is 0 Å². The maximum Gasteiger partial charge on any atom is 0.223 e. The molecule has 0 bridgehead atoms. The SMILES string of the molecule is CC(C)Oc1ccc(C(CC(=O)N2CCCCC2)C(C)C)cc1. The molecule has 128 valence electrons. The number of likely N-dealkylation sites (tertiary alicyclic amines) is 1. The van der Waals surface area contributed by atoms with Gasteiger partial charge >= 0.3 is 0 Å². The number of piperidine rings is 1. The zero-order valence-corrected chi connectivity index (χ0v) is 15.0. The van der Waals surface area contributed by atoms with Crippen LogP contribution in [0.15, 0.2) is 24.3 Å². The second-order valence-electron chi connectivity index (χ2n) is 7.23. The maximum absolute atomic E-state index is 12.6. The van der Waals surface area contributed by atoms with E-state index in [0.29, 0.717) is 18.2 Å². The van der Waals surface area contributed by atoms with Crippen LogP contribution in [-0.2, 0) is 4.79 Å². The largest absolute Gasteiger partial charge is 0.491 e. The van der Waals surface area contributed by atoms with Gasteiger partial charge in [0.25, 0.3) is 0 Å². The van der Waals surface area contributed by atoms with Gasteiger partial charge in [-0.05, 0) is 62.6 Å². The predicted octanol–water partition coefficient (Wildman–Crippen LogP) is 4.62. The first-order valence-electron chi connectivity index (χ1n) is 9.01. The predicted molar refractivity (Wildman–Crippen MR) is 94.8 cm³/mol. The molecule has 3 heteroatoms. The third-order valence-corrected chi connectivity index (χ3v) is 4.59. The van der Waals surface area contributed by atoms with Crippen molar-refractivity contribution >= 4 is 5.91 Å². The van der Waals surface area contributed by atoms with Crippen molar-refractivity contribution in [1.82, 2.24) is 4.90 Å². The monoisotopic (exact) mass is 317 g/mol. The summed E-state index contributed by atoms with van der Waals surface area (Å²) in [6.07, 6.45) is 4.36. The lowest BCUT2D eigenvalue weighted by molar-refractivity contribution is -0.132. The molecule has 0 spiro atoms. The van der Waals surface area contributed by atoms with Gasteiger partial charge in [-0.1, -0.05) is 26.0 Å². The Morgan fingerprint density at radius 2 is 1.65 bits per heavy atom. The van der Waals surface area contributed by atoms with Gasteiger partial charge < -0.3 is 9.64 Å². The van der Waals surface area contributed by atoms with E-state index < -0.39 is 0 Å². The summed E-state index contributed by atoms with van der Waals surface area (Å²) in [5, 5.41) is 0. The summed E-state index contributed by atoms with van der Waals surface area (Å²) in [4.78, 5) is 14.7. The molecule has 1 aromatic rings. The Morgan fingerprint density at radius 3 is 2.17 bits per heavy atom. The van der Waals surface area contributed by atoms with Crippen molar-refractivity contribution in [3.63, 3.8) is 0 Å². The minimum Gasteiger partial charge on any atom is -0.491 e. The molecule has 1 aliphatic heterocycles. The summed E-state index contributed by atoms with van der Waals surface area (Å²) >= 11 is 0. The number of amides is 1. The Labute approximate surface area is 141 Å². The smallest absolute Gasteiger partial charge is 0.223 e. The normalized spacial score (nSPS) is 16.7. The molecule has 0 saturated carbocycles. The number of hydrogen-bond donors (Lipinski definition) is 0. The number of hydrogen-bond acceptors (Lipinski definition) is 2. The molecule has 1 aliphatic rings. The second-order valence-corrected chi connectivity index (χ2v) is 7.23. The Bertz CT molecular complexity index is 487. The fourth-order valence-electron chi connectivity index (χ4n) is 3.26. The van der Waals surface area contributed by atoms with E-state index in [1.165, 1.54) is 12.0 Å². The standard InChI is InChI=1S/C20H31NO2/c1-15(2)19(14-20(22)21-12-6-5-7-13-21)17-8-10-18(11-9-17)23-16(3)4/h8-11,15-16,19H,5-7,12-14H2,1-4H3. The van der Waals surface area contributed by atoms with Gasteiger partial charge in [-0.3, -0.25) is 4.79 Å². The summed E-state index contributed by atoms with van der Waals surface area (Å²) in [6, 6.07) is 8.28. The van der Waals surface area contributed by atoms with E-state index in [1.807, 2.05) is 26.0 Å². The van der Waals surface area contributed by atoms with Crippen molar-refractivity contribution in [2.45, 2.75) is 65.4 Å². The summed E-state index contributed by atoms with van der Waals surface area (Å²) < 4.78 is 5.71. The number of carbonyl (C=O) groups excluding carboxylic acids is 1. The number of ether oxygens (including phenoxy) is 1. The van der Waals surface area contributed by atoms with Gasteiger partial charge in [-0.15, -0.1) is 0 Å². The van der Waals surface area contributed by atoms with Crippen LogP contribution in [0.2, 0.25) is 0 Å². The van der Waals surface area contributed by atoms with Crippen molar-refractivity contribution in [3.8, 4) is 5.75 Å². The highest BCUT2D eigenvalue weighted by Gasteiger charge is 2.24. The van der Waals surface area contributed by atoms with Crippen LogP contribution in [0, 0.1) is 5.92 Å². The lowest BCUT2D eigenvalue weighted by atomic mass is 9.85. The van der Waals surface area contributed by atoms with E-state index in [9.17, 15) is 4.79 Å². The molecule has 1 fully saturated rings. The van der Waals surface area contributed by atoms with E-state index in [1.54, 1.807) is 0 Å². The summed E-state index contributed by atoms with van der Waals surface area (Å²) in [5.74, 6) is 1.93. The number of nitrogens with zero attached hydrogens (tertiary/aromatic N) is 1. The van der Waals surface area contributed by atoms with Crippen LogP contribution in [-0.4, -0.2) is 30.0 Å². The average Bonchev–Trinajstić information content (AvgIpc) is 2.53. The van der Waals surface area contributed by atoms with Gasteiger partial charge in [0.2, 0.25) is 5.91 Å². The van der Waals surface area contributed by atoms with E-state index in [-0.39, 0.29) is 12.0 Å². The number of benzene rings is 1. The van der Waals surface area contributed by atoms with Crippen LogP contribution in [0.3, 0.4) is 0 Å². The molecule has 2 rings (SSSR count). The Balaban J connectivity index is 2.04. The van der Waals surface area contributed by atoms with Gasteiger partial charge in [0, 0.05) is 19.5 Å². The first-order valence-corrected chi connectivity index (χ1v) is 9.01. The Morgan fingerprint density at radius 1 is 1.04 bits per heavy atom. The van der Waals surface area contributed by atoms with Crippen LogP contribution < -0.4 is 4.74 Å². The van der Waals surface area contributed by atoms with Gasteiger partial charge in [0.1, 0.15) is 5.75 Å². The summed E-state index contributed by atoms with van der Waals surface area (Å²) in [7, 11) is 0. The lowest BCUT2D eigenvalue weighted by Crippen LogP contribution is -2.36. The number of rotatable bonds is 6. The Hall–Kier alpha value is -1.51. The molecule has 0 radical (unpaired) electrons. The van der Waals surface area contributed by atoms with Gasteiger partial charge in [-0.2, -0.15) is 0 Å². The lowest BCUT2D eigenvalue weighted by Gasteiger charge is -2.29. The van der Waals surface area contributed by atoms with E-state index in [2.05, 4.69) is 30.9 Å². The van der Waals surface area contributed by atoms with Crippen LogP contribution >= 0.6 is 0 Å². The van der Waals surface area contributed by atoms with Crippen LogP contribution in [0.25, 0.3) is 0 Å². The van der Waals surface area contributed by atoms with E-state index in [4.69, 9.17) is 4.74 Å². The molecule has 1 saturated heterocycles. The van der Waals surface area contributed by atoms with Gasteiger partial charge in [0.05, 0.1) is 6.10 Å². The third-order valence-electron chi connectivity index (χ3n) is 4.59. The average molecular weight is 317 g/mol. The van der Waals surface area contributed by atoms with Crippen LogP contribution in [0.1, 0.15) is 64.9 Å². The molecule has 1 aromatic carbocycles. The molecule has 0 N–H and O–H groups in total. The highest BCUT2D eigenvalue weighted by molar-refractivity contribution is 5.77. The molecule has 1 amide bonds. The molecule has 3 nitrogen and oxygen atoms in total. The highest BCUT2D eigenvalue weighted by Crippen LogP contribution is 2.30. The molecule has 1 heterocycles. The molecule has 23 heavy (non-hydrogen) atoms. The Kier molecular flexibility index (Phi) is 6.49. The minimum atomic E-state index is 0.183. The summed E-state index contributed by atoms with van der Waals surface area (Å²) in [6.45, 7) is 10.3. The molecule has 0 aromatic heterocycles. The van der Waals surface area contributed by atoms with E-state index in [0.717, 1.165) is 31.7 Å². The number of carbonyl (C=O) groups is 1. The second kappa shape index (κ2) is 8.37. The molecular weight excluding hydrogens is 286 g/mol. The molecule has 1 atom stereocenters. The molecule has 0 aliphatic carbocycles. The maximum atomic E-state index is 12.6. The zero-order valence-electron chi connectivity index (χ0n) is 15.0. The third kappa shape index (κ3) is 5.26. The van der Waals surface area contributed by atoms with Crippen molar-refractivity contribution in [2.24, 2.45) is 5.92 Å². The minimum absolute atomic E-state index is 0.183. The van der Waals surface area contributed by atoms with Gasteiger partial charge in [-0.25, -0.2) is 0 Å². The zero-order chi connectivity index (χ0) is 16.8. The highest BCUT2D eigenvalue weighted by atomic mass is 16.5. The topological polar surface area (TPSA) is 29.5 Å². The van der Waals surface area contributed by atoms with E-state index >= 15 is 0 Å². The fourth-order valence-corrected chi connectivity index (χ4v) is 3.26.